The number of hydrogen-bond acceptors (Lipinski definition) is 4. The van der Waals surface area contributed by atoms with Gasteiger partial charge in [-0.2, -0.15) is 0 Å². The highest BCUT2D eigenvalue weighted by molar-refractivity contribution is 5.88. The van der Waals surface area contributed by atoms with Crippen LogP contribution in [0.3, 0.4) is 0 Å². The Balaban J connectivity index is 2.73. The second-order valence-corrected chi connectivity index (χ2v) is 6.58. The number of aromatic nitrogens is 1. The summed E-state index contributed by atoms with van der Waals surface area (Å²) in [5.41, 5.74) is 0.810. The van der Waals surface area contributed by atoms with Gasteiger partial charge < -0.3 is 15.2 Å². The zero-order valence-electron chi connectivity index (χ0n) is 13.6. The lowest BCUT2D eigenvalue weighted by atomic mass is 9.91. The fraction of sp³-hybridized carbons (Fsp3) is 0.625. The van der Waals surface area contributed by atoms with Crippen molar-refractivity contribution in [2.24, 2.45) is 5.92 Å². The van der Waals surface area contributed by atoms with Crippen molar-refractivity contribution in [1.82, 2.24) is 4.98 Å². The zero-order chi connectivity index (χ0) is 16.0. The molecule has 0 saturated heterocycles. The van der Waals surface area contributed by atoms with Crippen LogP contribution in [0.2, 0.25) is 0 Å². The van der Waals surface area contributed by atoms with Gasteiger partial charge >= 0.3 is 5.97 Å². The molecule has 2 N–H and O–H groups in total. The van der Waals surface area contributed by atoms with Crippen LogP contribution in [0.4, 0.5) is 5.82 Å². The topological polar surface area (TPSA) is 71.5 Å². The smallest absolute Gasteiger partial charge is 0.335 e. The molecule has 0 radical (unpaired) electrons. The third kappa shape index (κ3) is 6.12. The van der Waals surface area contributed by atoms with Crippen molar-refractivity contribution in [3.63, 3.8) is 0 Å². The minimum absolute atomic E-state index is 0.198. The maximum Gasteiger partial charge on any atom is 0.335 e. The molecule has 0 bridgehead atoms. The second kappa shape index (κ2) is 7.41. The zero-order valence-corrected chi connectivity index (χ0v) is 13.6. The Kier molecular flexibility index (Phi) is 6.15. The normalized spacial score (nSPS) is 11.7. The predicted octanol–water partition coefficient (Wildman–Crippen LogP) is 3.16. The first kappa shape index (κ1) is 17.4. The van der Waals surface area contributed by atoms with Crippen LogP contribution in [0, 0.1) is 5.92 Å². The largest absolute Gasteiger partial charge is 0.478 e. The van der Waals surface area contributed by atoms with Gasteiger partial charge in [0.25, 0.3) is 0 Å². The molecule has 0 amide bonds. The fourth-order valence-corrected chi connectivity index (χ4v) is 1.70. The van der Waals surface area contributed by atoms with Crippen molar-refractivity contribution < 1.29 is 14.6 Å². The molecular formula is C16H26N2O3. The van der Waals surface area contributed by atoms with Crippen molar-refractivity contribution >= 4 is 11.8 Å². The van der Waals surface area contributed by atoms with Crippen LogP contribution in [-0.2, 0) is 10.2 Å². The molecule has 1 rings (SSSR count). The quantitative estimate of drug-likeness (QED) is 0.756. The number of ether oxygens (including phenoxy) is 1. The van der Waals surface area contributed by atoms with Gasteiger partial charge in [-0.3, -0.25) is 0 Å². The Morgan fingerprint density at radius 3 is 2.57 bits per heavy atom. The Morgan fingerprint density at radius 1 is 1.38 bits per heavy atom. The van der Waals surface area contributed by atoms with E-state index in [-0.39, 0.29) is 11.0 Å². The van der Waals surface area contributed by atoms with Crippen molar-refractivity contribution in [2.75, 3.05) is 25.1 Å². The highest BCUT2D eigenvalue weighted by Gasteiger charge is 2.19. The molecule has 0 saturated carbocycles. The molecule has 21 heavy (non-hydrogen) atoms. The number of pyridine rings is 1. The van der Waals surface area contributed by atoms with Crippen LogP contribution in [0.15, 0.2) is 12.1 Å². The molecule has 0 unspecified atom stereocenters. The maximum absolute atomic E-state index is 11.2. The average molecular weight is 294 g/mol. The van der Waals surface area contributed by atoms with E-state index in [2.05, 4.69) is 24.1 Å². The Hall–Kier alpha value is -1.62. The number of nitrogens with zero attached hydrogens (tertiary/aromatic N) is 1. The molecule has 0 aliphatic heterocycles. The lowest BCUT2D eigenvalue weighted by molar-refractivity contribution is 0.0696. The summed E-state index contributed by atoms with van der Waals surface area (Å²) in [4.78, 5) is 15.7. The number of nitrogens with one attached hydrogen (secondary N) is 1. The van der Waals surface area contributed by atoms with Gasteiger partial charge in [0.2, 0.25) is 0 Å². The minimum atomic E-state index is -0.943. The molecule has 0 aromatic carbocycles. The molecule has 118 valence electrons. The summed E-state index contributed by atoms with van der Waals surface area (Å²) in [5, 5.41) is 12.3. The number of hydrogen-bond donors (Lipinski definition) is 2. The van der Waals surface area contributed by atoms with E-state index in [1.807, 2.05) is 20.8 Å². The van der Waals surface area contributed by atoms with Gasteiger partial charge in [0, 0.05) is 24.3 Å². The van der Waals surface area contributed by atoms with E-state index in [1.54, 1.807) is 12.1 Å². The molecule has 0 aliphatic carbocycles. The van der Waals surface area contributed by atoms with E-state index in [1.165, 1.54) is 0 Å². The Morgan fingerprint density at radius 2 is 2.05 bits per heavy atom. The SMILES string of the molecule is CC(C)COCCNc1cc(C(=O)O)cc(C(C)(C)C)n1. The van der Waals surface area contributed by atoms with Gasteiger partial charge in [0.15, 0.2) is 0 Å². The van der Waals surface area contributed by atoms with E-state index in [9.17, 15) is 9.90 Å². The number of carbonyl (C=O) groups is 1. The lowest BCUT2D eigenvalue weighted by Crippen LogP contribution is -2.18. The van der Waals surface area contributed by atoms with Crippen LogP contribution >= 0.6 is 0 Å². The summed E-state index contributed by atoms with van der Waals surface area (Å²) < 4.78 is 5.49. The van der Waals surface area contributed by atoms with Gasteiger partial charge in [0.05, 0.1) is 12.2 Å². The molecule has 0 aliphatic rings. The van der Waals surface area contributed by atoms with Gasteiger partial charge in [-0.1, -0.05) is 34.6 Å². The highest BCUT2D eigenvalue weighted by Crippen LogP contribution is 2.23. The van der Waals surface area contributed by atoms with Crippen molar-refractivity contribution in [1.29, 1.82) is 0 Å². The Bertz CT molecular complexity index is 479. The summed E-state index contributed by atoms with van der Waals surface area (Å²) in [6, 6.07) is 3.18. The van der Waals surface area contributed by atoms with Crippen molar-refractivity contribution in [2.45, 2.75) is 40.0 Å². The number of rotatable bonds is 7. The minimum Gasteiger partial charge on any atom is -0.478 e. The van der Waals surface area contributed by atoms with E-state index in [0.717, 1.165) is 12.3 Å². The highest BCUT2D eigenvalue weighted by atomic mass is 16.5. The third-order valence-electron chi connectivity index (χ3n) is 2.84. The summed E-state index contributed by atoms with van der Waals surface area (Å²) >= 11 is 0. The second-order valence-electron chi connectivity index (χ2n) is 6.58. The average Bonchev–Trinajstić information content (AvgIpc) is 2.36. The molecule has 0 fully saturated rings. The van der Waals surface area contributed by atoms with Crippen molar-refractivity contribution in [3.05, 3.63) is 23.4 Å². The van der Waals surface area contributed by atoms with E-state index in [4.69, 9.17) is 4.74 Å². The number of carboxylic acids is 1. The third-order valence-corrected chi connectivity index (χ3v) is 2.84. The van der Waals surface area contributed by atoms with E-state index < -0.39 is 5.97 Å². The van der Waals surface area contributed by atoms with Gasteiger partial charge in [0.1, 0.15) is 5.82 Å². The predicted molar refractivity (Wildman–Crippen MR) is 84.0 cm³/mol. The van der Waals surface area contributed by atoms with Gasteiger partial charge in [-0.15, -0.1) is 0 Å². The summed E-state index contributed by atoms with van der Waals surface area (Å²) in [5.74, 6) is 0.140. The number of carboxylic acid groups (broad SMARTS) is 1. The summed E-state index contributed by atoms with van der Waals surface area (Å²) in [7, 11) is 0. The van der Waals surface area contributed by atoms with Gasteiger partial charge in [-0.05, 0) is 18.1 Å². The number of anilines is 1. The molecule has 5 heteroatoms. The first-order chi connectivity index (χ1) is 9.70. The van der Waals surface area contributed by atoms with E-state index in [0.29, 0.717) is 24.9 Å². The van der Waals surface area contributed by atoms with Crippen LogP contribution < -0.4 is 5.32 Å². The molecule has 1 heterocycles. The van der Waals surface area contributed by atoms with Crippen LogP contribution in [-0.4, -0.2) is 35.8 Å². The van der Waals surface area contributed by atoms with E-state index >= 15 is 0 Å². The molecule has 0 spiro atoms. The maximum atomic E-state index is 11.2. The van der Waals surface area contributed by atoms with Crippen LogP contribution in [0.25, 0.3) is 0 Å². The summed E-state index contributed by atoms with van der Waals surface area (Å²) in [6.45, 7) is 12.1. The Labute approximate surface area is 126 Å². The fourth-order valence-electron chi connectivity index (χ4n) is 1.70. The van der Waals surface area contributed by atoms with Crippen LogP contribution in [0.5, 0.6) is 0 Å². The monoisotopic (exact) mass is 294 g/mol. The molecule has 5 nitrogen and oxygen atoms in total. The lowest BCUT2D eigenvalue weighted by Gasteiger charge is -2.19. The molecule has 1 aromatic heterocycles. The molecular weight excluding hydrogens is 268 g/mol. The molecule has 1 aromatic rings. The first-order valence-corrected chi connectivity index (χ1v) is 7.27. The summed E-state index contributed by atoms with van der Waals surface area (Å²) in [6.07, 6.45) is 0. The van der Waals surface area contributed by atoms with Gasteiger partial charge in [-0.25, -0.2) is 9.78 Å². The van der Waals surface area contributed by atoms with Crippen molar-refractivity contribution in [3.8, 4) is 0 Å². The first-order valence-electron chi connectivity index (χ1n) is 7.27. The molecule has 0 atom stereocenters. The standard InChI is InChI=1S/C16H26N2O3/c1-11(2)10-21-7-6-17-14-9-12(15(19)20)8-13(18-14)16(3,4)5/h8-9,11H,6-7,10H2,1-5H3,(H,17,18)(H,19,20). The van der Waals surface area contributed by atoms with Crippen LogP contribution in [0.1, 0.15) is 50.7 Å². The number of aromatic carboxylic acids is 1.